The number of H-pyrrole nitrogens is 1. The molecule has 2 aromatic heterocycles. The summed E-state index contributed by atoms with van der Waals surface area (Å²) in [6, 6.07) is 19.0. The summed E-state index contributed by atoms with van der Waals surface area (Å²) < 4.78 is 0. The molecule has 0 bridgehead atoms. The standard InChI is InChI=1S/C17H15NS.CH2N4/c1-12-13(2)19-17(18-12)16-11-7-6-10-15(16)14-8-4-3-5-9-14;1-2-4-5-3-1/h3-11H,1-2H3;1H,(H,2,3,4,5). The summed E-state index contributed by atoms with van der Waals surface area (Å²) >= 11 is 1.77. The second-order valence-electron chi connectivity index (χ2n) is 5.13. The highest BCUT2D eigenvalue weighted by atomic mass is 32.1. The lowest BCUT2D eigenvalue weighted by Crippen LogP contribution is -1.84. The summed E-state index contributed by atoms with van der Waals surface area (Å²) in [4.78, 5) is 5.97. The third kappa shape index (κ3) is 3.72. The lowest BCUT2D eigenvalue weighted by molar-refractivity contribution is 0.881. The minimum Gasteiger partial charge on any atom is -0.241 e. The summed E-state index contributed by atoms with van der Waals surface area (Å²) in [5, 5.41) is 13.3. The third-order valence-electron chi connectivity index (χ3n) is 3.54. The van der Waals surface area contributed by atoms with Gasteiger partial charge in [-0.15, -0.1) is 21.5 Å². The molecular formula is C18H17N5S. The molecule has 0 saturated heterocycles. The number of aryl methyl sites for hydroxylation is 2. The van der Waals surface area contributed by atoms with E-state index >= 15 is 0 Å². The Bertz CT molecular complexity index is 848. The quantitative estimate of drug-likeness (QED) is 0.593. The van der Waals surface area contributed by atoms with Crippen LogP contribution >= 0.6 is 11.3 Å². The van der Waals surface area contributed by atoms with Gasteiger partial charge in [0.05, 0.1) is 5.69 Å². The van der Waals surface area contributed by atoms with Gasteiger partial charge < -0.3 is 0 Å². The van der Waals surface area contributed by atoms with Gasteiger partial charge in [0.1, 0.15) is 5.01 Å². The van der Waals surface area contributed by atoms with E-state index in [4.69, 9.17) is 0 Å². The van der Waals surface area contributed by atoms with Gasteiger partial charge in [0.2, 0.25) is 0 Å². The predicted molar refractivity (Wildman–Crippen MR) is 96.6 cm³/mol. The molecule has 0 aliphatic rings. The van der Waals surface area contributed by atoms with E-state index in [9.17, 15) is 0 Å². The van der Waals surface area contributed by atoms with Crippen molar-refractivity contribution in [3.8, 4) is 21.7 Å². The van der Waals surface area contributed by atoms with Crippen molar-refractivity contribution in [3.05, 3.63) is 71.5 Å². The van der Waals surface area contributed by atoms with E-state index in [1.165, 1.54) is 27.9 Å². The van der Waals surface area contributed by atoms with Crippen molar-refractivity contribution in [1.82, 2.24) is 25.6 Å². The first-order chi connectivity index (χ1) is 11.8. The fourth-order valence-electron chi connectivity index (χ4n) is 2.26. The maximum absolute atomic E-state index is 4.69. The summed E-state index contributed by atoms with van der Waals surface area (Å²) in [5.74, 6) is 0. The summed E-state index contributed by atoms with van der Waals surface area (Å²) in [5.41, 5.74) is 4.83. The van der Waals surface area contributed by atoms with Gasteiger partial charge in [-0.2, -0.15) is 5.21 Å². The smallest absolute Gasteiger partial charge is 0.161 e. The molecule has 5 nitrogen and oxygen atoms in total. The van der Waals surface area contributed by atoms with Crippen molar-refractivity contribution in [1.29, 1.82) is 0 Å². The largest absolute Gasteiger partial charge is 0.241 e. The fraction of sp³-hybridized carbons (Fsp3) is 0.111. The van der Waals surface area contributed by atoms with Gasteiger partial charge in [-0.1, -0.05) is 59.8 Å². The van der Waals surface area contributed by atoms with Gasteiger partial charge in [0.25, 0.3) is 0 Å². The van der Waals surface area contributed by atoms with Gasteiger partial charge in [-0.25, -0.2) is 4.98 Å². The molecule has 0 atom stereocenters. The van der Waals surface area contributed by atoms with Crippen LogP contribution in [-0.2, 0) is 0 Å². The molecule has 0 radical (unpaired) electrons. The SMILES string of the molecule is Cc1nc(-c2ccccc2-c2ccccc2)sc1C.c1nn[nH]n1. The second kappa shape index (κ2) is 7.61. The molecular weight excluding hydrogens is 318 g/mol. The van der Waals surface area contributed by atoms with E-state index in [-0.39, 0.29) is 0 Å². The molecule has 0 fully saturated rings. The second-order valence-corrected chi connectivity index (χ2v) is 6.34. The van der Waals surface area contributed by atoms with E-state index < -0.39 is 0 Å². The number of nitrogens with zero attached hydrogens (tertiary/aromatic N) is 4. The van der Waals surface area contributed by atoms with Crippen LogP contribution in [-0.4, -0.2) is 25.6 Å². The molecule has 0 unspecified atom stereocenters. The van der Waals surface area contributed by atoms with E-state index in [2.05, 4.69) is 88.0 Å². The molecule has 1 N–H and O–H groups in total. The van der Waals surface area contributed by atoms with Crippen LogP contribution in [0.15, 0.2) is 60.9 Å². The molecule has 120 valence electrons. The highest BCUT2D eigenvalue weighted by Crippen LogP contribution is 2.35. The first kappa shape index (κ1) is 16.0. The van der Waals surface area contributed by atoms with E-state index in [0.29, 0.717) is 0 Å². The number of hydrogen-bond acceptors (Lipinski definition) is 5. The van der Waals surface area contributed by atoms with Crippen LogP contribution in [0.5, 0.6) is 0 Å². The summed E-state index contributed by atoms with van der Waals surface area (Å²) in [6.07, 6.45) is 1.33. The van der Waals surface area contributed by atoms with Crippen LogP contribution in [0.4, 0.5) is 0 Å². The first-order valence-corrected chi connectivity index (χ1v) is 8.32. The minimum absolute atomic E-state index is 1.11. The van der Waals surface area contributed by atoms with Gasteiger partial charge in [-0.3, -0.25) is 0 Å². The Morgan fingerprint density at radius 3 is 2.12 bits per heavy atom. The molecule has 4 aromatic rings. The number of hydrogen-bond donors (Lipinski definition) is 1. The van der Waals surface area contributed by atoms with Crippen molar-refractivity contribution < 1.29 is 0 Å². The molecule has 4 rings (SSSR count). The number of thiazole rings is 1. The van der Waals surface area contributed by atoms with Crippen LogP contribution in [0, 0.1) is 13.8 Å². The minimum atomic E-state index is 1.11. The highest BCUT2D eigenvalue weighted by Gasteiger charge is 2.11. The van der Waals surface area contributed by atoms with E-state index in [0.717, 1.165) is 10.7 Å². The Balaban J connectivity index is 0.000000290. The number of aromatic nitrogens is 5. The van der Waals surface area contributed by atoms with Crippen molar-refractivity contribution in [2.24, 2.45) is 0 Å². The number of tetrazole rings is 1. The summed E-state index contributed by atoms with van der Waals surface area (Å²) in [7, 11) is 0. The fourth-order valence-corrected chi connectivity index (χ4v) is 3.21. The van der Waals surface area contributed by atoms with Crippen molar-refractivity contribution in [3.63, 3.8) is 0 Å². The lowest BCUT2D eigenvalue weighted by Gasteiger charge is -2.07. The topological polar surface area (TPSA) is 67.3 Å². The first-order valence-electron chi connectivity index (χ1n) is 7.51. The van der Waals surface area contributed by atoms with Gasteiger partial charge in [-0.05, 0) is 25.0 Å². The molecule has 2 heterocycles. The van der Waals surface area contributed by atoms with Crippen molar-refractivity contribution in [2.45, 2.75) is 13.8 Å². The van der Waals surface area contributed by atoms with Crippen LogP contribution < -0.4 is 0 Å². The molecule has 0 amide bonds. The number of benzene rings is 2. The molecule has 0 saturated carbocycles. The number of rotatable bonds is 2. The number of aromatic amines is 1. The van der Waals surface area contributed by atoms with Crippen LogP contribution in [0.3, 0.4) is 0 Å². The van der Waals surface area contributed by atoms with Crippen molar-refractivity contribution in [2.75, 3.05) is 0 Å². The maximum atomic E-state index is 4.69. The molecule has 0 aliphatic carbocycles. The zero-order valence-electron chi connectivity index (χ0n) is 13.5. The highest BCUT2D eigenvalue weighted by molar-refractivity contribution is 7.15. The van der Waals surface area contributed by atoms with Crippen LogP contribution in [0.1, 0.15) is 10.6 Å². The van der Waals surface area contributed by atoms with Crippen molar-refractivity contribution >= 4 is 11.3 Å². The Morgan fingerprint density at radius 2 is 1.58 bits per heavy atom. The Labute approximate surface area is 144 Å². The third-order valence-corrected chi connectivity index (χ3v) is 4.65. The van der Waals surface area contributed by atoms with Crippen LogP contribution in [0.25, 0.3) is 21.7 Å². The van der Waals surface area contributed by atoms with E-state index in [1.54, 1.807) is 11.3 Å². The predicted octanol–water partition coefficient (Wildman–Crippen LogP) is 4.29. The molecule has 2 aromatic carbocycles. The Morgan fingerprint density at radius 1 is 0.875 bits per heavy atom. The zero-order valence-corrected chi connectivity index (χ0v) is 14.3. The zero-order chi connectivity index (χ0) is 16.8. The maximum Gasteiger partial charge on any atom is 0.161 e. The van der Waals surface area contributed by atoms with Gasteiger partial charge >= 0.3 is 0 Å². The Kier molecular flexibility index (Phi) is 5.08. The van der Waals surface area contributed by atoms with Gasteiger partial charge in [0.15, 0.2) is 6.33 Å². The number of nitrogens with one attached hydrogen (secondary N) is 1. The molecule has 24 heavy (non-hydrogen) atoms. The lowest BCUT2D eigenvalue weighted by atomic mass is 10.0. The van der Waals surface area contributed by atoms with Gasteiger partial charge in [0, 0.05) is 10.4 Å². The molecule has 0 aliphatic heterocycles. The molecule has 6 heteroatoms. The molecule has 0 spiro atoms. The average Bonchev–Trinajstić information content (AvgIpc) is 3.30. The monoisotopic (exact) mass is 335 g/mol. The Hall–Kier alpha value is -2.86. The normalized spacial score (nSPS) is 10.1. The van der Waals surface area contributed by atoms with E-state index in [1.807, 2.05) is 6.07 Å². The average molecular weight is 335 g/mol. The van der Waals surface area contributed by atoms with Crippen LogP contribution in [0.2, 0.25) is 0 Å². The summed E-state index contributed by atoms with van der Waals surface area (Å²) in [6.45, 7) is 4.20.